The van der Waals surface area contributed by atoms with Gasteiger partial charge in [-0.1, -0.05) is 24.3 Å². The lowest BCUT2D eigenvalue weighted by Gasteiger charge is -2.21. The van der Waals surface area contributed by atoms with E-state index in [1.54, 1.807) is 12.1 Å². The number of rotatable bonds is 8. The average molecular weight is 386 g/mol. The van der Waals surface area contributed by atoms with Crippen molar-refractivity contribution in [2.45, 2.75) is 45.1 Å². The van der Waals surface area contributed by atoms with Gasteiger partial charge < -0.3 is 20.3 Å². The Morgan fingerprint density at radius 3 is 2.52 bits per heavy atom. The normalized spacial score (nSPS) is 18.7. The first kappa shape index (κ1) is 21.5. The van der Waals surface area contributed by atoms with Gasteiger partial charge in [-0.05, 0) is 44.5 Å². The second kappa shape index (κ2) is 10.5. The quantitative estimate of drug-likeness (QED) is 0.533. The van der Waals surface area contributed by atoms with E-state index in [1.807, 2.05) is 19.1 Å². The van der Waals surface area contributed by atoms with Crippen molar-refractivity contribution < 1.29 is 17.9 Å². The monoisotopic (exact) mass is 386 g/mol. The highest BCUT2D eigenvalue weighted by Crippen LogP contribution is 2.16. The Bertz CT molecular complexity index is 590. The van der Waals surface area contributed by atoms with Gasteiger partial charge >= 0.3 is 6.18 Å². The van der Waals surface area contributed by atoms with Crippen LogP contribution in [0.15, 0.2) is 29.3 Å². The van der Waals surface area contributed by atoms with Gasteiger partial charge in [0.15, 0.2) is 5.96 Å². The fourth-order valence-electron chi connectivity index (χ4n) is 2.99. The Labute approximate surface area is 159 Å². The molecule has 2 N–H and O–H groups in total. The molecule has 1 aliphatic heterocycles. The number of aliphatic imine (C=N–C) groups is 1. The number of ether oxygens (including phenoxy) is 1. The highest BCUT2D eigenvalue weighted by Gasteiger charge is 2.27. The Balaban J connectivity index is 1.81. The third-order valence-corrected chi connectivity index (χ3v) is 4.50. The smallest absolute Gasteiger partial charge is 0.367 e. The SMILES string of the molecule is CCNC(=NCc1ccc(COCC(F)(F)F)cc1)NCC1CCCN1C. The maximum Gasteiger partial charge on any atom is 0.411 e. The maximum absolute atomic E-state index is 12.1. The molecule has 0 saturated carbocycles. The third kappa shape index (κ3) is 8.17. The highest BCUT2D eigenvalue weighted by atomic mass is 19.4. The van der Waals surface area contributed by atoms with E-state index in [-0.39, 0.29) is 6.61 Å². The van der Waals surface area contributed by atoms with Crippen LogP contribution in [0.25, 0.3) is 0 Å². The van der Waals surface area contributed by atoms with Crippen molar-refractivity contribution in [3.8, 4) is 0 Å². The minimum Gasteiger partial charge on any atom is -0.367 e. The van der Waals surface area contributed by atoms with Crippen LogP contribution in [0.2, 0.25) is 0 Å². The third-order valence-electron chi connectivity index (χ3n) is 4.50. The van der Waals surface area contributed by atoms with Gasteiger partial charge in [0.2, 0.25) is 0 Å². The predicted octanol–water partition coefficient (Wildman–Crippen LogP) is 2.91. The molecule has 1 aliphatic rings. The van der Waals surface area contributed by atoms with Gasteiger partial charge in [0.25, 0.3) is 0 Å². The van der Waals surface area contributed by atoms with E-state index in [2.05, 4.69) is 32.3 Å². The Morgan fingerprint density at radius 1 is 1.22 bits per heavy atom. The zero-order valence-electron chi connectivity index (χ0n) is 16.0. The van der Waals surface area contributed by atoms with Gasteiger partial charge in [0.1, 0.15) is 6.61 Å². The van der Waals surface area contributed by atoms with E-state index < -0.39 is 12.8 Å². The molecule has 1 aromatic rings. The molecule has 0 aliphatic carbocycles. The van der Waals surface area contributed by atoms with Crippen LogP contribution in [-0.4, -0.2) is 56.4 Å². The fraction of sp³-hybridized carbons (Fsp3) is 0.632. The van der Waals surface area contributed by atoms with Crippen molar-refractivity contribution in [3.63, 3.8) is 0 Å². The van der Waals surface area contributed by atoms with Crippen LogP contribution in [0.5, 0.6) is 0 Å². The zero-order valence-corrected chi connectivity index (χ0v) is 16.0. The van der Waals surface area contributed by atoms with Gasteiger partial charge in [-0.15, -0.1) is 0 Å². The number of alkyl halides is 3. The molecular weight excluding hydrogens is 357 g/mol. The van der Waals surface area contributed by atoms with Crippen molar-refractivity contribution in [2.24, 2.45) is 4.99 Å². The van der Waals surface area contributed by atoms with Gasteiger partial charge in [-0.2, -0.15) is 13.2 Å². The summed E-state index contributed by atoms with van der Waals surface area (Å²) in [5.74, 6) is 0.774. The summed E-state index contributed by atoms with van der Waals surface area (Å²) in [7, 11) is 2.14. The number of benzene rings is 1. The van der Waals surface area contributed by atoms with Crippen LogP contribution in [0, 0.1) is 0 Å². The minimum atomic E-state index is -4.29. The number of nitrogens with zero attached hydrogens (tertiary/aromatic N) is 2. The topological polar surface area (TPSA) is 48.9 Å². The van der Waals surface area contributed by atoms with Crippen LogP contribution in [0.4, 0.5) is 13.2 Å². The number of halogens is 3. The Kier molecular flexibility index (Phi) is 8.37. The number of likely N-dealkylation sites (N-methyl/N-ethyl adjacent to an activating group) is 1. The molecule has 0 amide bonds. The molecule has 0 bridgehead atoms. The summed E-state index contributed by atoms with van der Waals surface area (Å²) in [6, 6.07) is 7.81. The van der Waals surface area contributed by atoms with Crippen molar-refractivity contribution in [3.05, 3.63) is 35.4 Å². The summed E-state index contributed by atoms with van der Waals surface area (Å²) >= 11 is 0. The largest absolute Gasteiger partial charge is 0.411 e. The molecular formula is C19H29F3N4O. The van der Waals surface area contributed by atoms with E-state index in [9.17, 15) is 13.2 Å². The van der Waals surface area contributed by atoms with Crippen LogP contribution >= 0.6 is 0 Å². The molecule has 152 valence electrons. The molecule has 1 aromatic carbocycles. The van der Waals surface area contributed by atoms with E-state index >= 15 is 0 Å². The number of nitrogens with one attached hydrogen (secondary N) is 2. The standard InChI is InChI=1S/C19H29F3N4O/c1-3-23-18(25-12-17-5-4-10-26(17)2)24-11-15-6-8-16(9-7-15)13-27-14-19(20,21)22/h6-9,17H,3-5,10-14H2,1-2H3,(H2,23,24,25). The molecule has 0 aromatic heterocycles. The molecule has 1 fully saturated rings. The summed E-state index contributed by atoms with van der Waals surface area (Å²) in [4.78, 5) is 6.95. The van der Waals surface area contributed by atoms with Gasteiger partial charge in [0.05, 0.1) is 13.2 Å². The molecule has 1 atom stereocenters. The Morgan fingerprint density at radius 2 is 1.93 bits per heavy atom. The number of guanidine groups is 1. The van der Waals surface area contributed by atoms with Crippen LogP contribution in [0.3, 0.4) is 0 Å². The second-order valence-electron chi connectivity index (χ2n) is 6.78. The summed E-state index contributed by atoms with van der Waals surface area (Å²) in [5.41, 5.74) is 1.70. The summed E-state index contributed by atoms with van der Waals surface area (Å²) in [6.45, 7) is 4.02. The van der Waals surface area contributed by atoms with E-state index in [0.717, 1.165) is 31.2 Å². The first-order chi connectivity index (χ1) is 12.9. The van der Waals surface area contributed by atoms with E-state index in [4.69, 9.17) is 0 Å². The van der Waals surface area contributed by atoms with Gasteiger partial charge in [0, 0.05) is 19.1 Å². The molecule has 1 saturated heterocycles. The number of likely N-dealkylation sites (tertiary alicyclic amines) is 1. The molecule has 8 heteroatoms. The van der Waals surface area contributed by atoms with Crippen molar-refractivity contribution in [1.29, 1.82) is 0 Å². The minimum absolute atomic E-state index is 0.0534. The van der Waals surface area contributed by atoms with Crippen LogP contribution in [-0.2, 0) is 17.9 Å². The molecule has 1 unspecified atom stereocenters. The highest BCUT2D eigenvalue weighted by molar-refractivity contribution is 5.79. The lowest BCUT2D eigenvalue weighted by molar-refractivity contribution is -0.176. The van der Waals surface area contributed by atoms with Crippen molar-refractivity contribution >= 4 is 5.96 Å². The average Bonchev–Trinajstić information content (AvgIpc) is 3.02. The summed E-state index contributed by atoms with van der Waals surface area (Å²) in [5, 5.41) is 6.63. The van der Waals surface area contributed by atoms with E-state index in [0.29, 0.717) is 18.2 Å². The van der Waals surface area contributed by atoms with Crippen molar-refractivity contribution in [2.75, 3.05) is 33.3 Å². The lowest BCUT2D eigenvalue weighted by atomic mass is 10.1. The predicted molar refractivity (Wildman–Crippen MR) is 101 cm³/mol. The van der Waals surface area contributed by atoms with E-state index in [1.165, 1.54) is 12.8 Å². The summed E-state index contributed by atoms with van der Waals surface area (Å²) in [6.07, 6.45) is -1.87. The first-order valence-corrected chi connectivity index (χ1v) is 9.32. The van der Waals surface area contributed by atoms with Crippen LogP contribution in [0.1, 0.15) is 30.9 Å². The first-order valence-electron chi connectivity index (χ1n) is 9.32. The van der Waals surface area contributed by atoms with Crippen molar-refractivity contribution in [1.82, 2.24) is 15.5 Å². The molecule has 0 spiro atoms. The molecule has 2 rings (SSSR count). The van der Waals surface area contributed by atoms with Gasteiger partial charge in [-0.25, -0.2) is 4.99 Å². The number of hydrogen-bond acceptors (Lipinski definition) is 3. The number of hydrogen-bond donors (Lipinski definition) is 2. The van der Waals surface area contributed by atoms with Crippen LogP contribution < -0.4 is 10.6 Å². The maximum atomic E-state index is 12.1. The second-order valence-corrected chi connectivity index (χ2v) is 6.78. The van der Waals surface area contributed by atoms with Gasteiger partial charge in [-0.3, -0.25) is 0 Å². The Hall–Kier alpha value is -1.80. The fourth-order valence-corrected chi connectivity index (χ4v) is 2.99. The summed E-state index contributed by atoms with van der Waals surface area (Å²) < 4.78 is 40.9. The molecule has 1 heterocycles. The molecule has 5 nitrogen and oxygen atoms in total. The lowest BCUT2D eigenvalue weighted by Crippen LogP contribution is -2.44. The zero-order chi connectivity index (χ0) is 19.7. The molecule has 27 heavy (non-hydrogen) atoms. The molecule has 0 radical (unpaired) electrons.